The Morgan fingerprint density at radius 3 is 2.58 bits per heavy atom. The summed E-state index contributed by atoms with van der Waals surface area (Å²) in [5, 5.41) is 13.9. The number of carbonyl (C=O) groups excluding carboxylic acids is 2. The molecule has 0 spiro atoms. The minimum Gasteiger partial charge on any atom is -0.422 e. The Bertz CT molecular complexity index is 1410. The van der Waals surface area contributed by atoms with Crippen molar-refractivity contribution in [2.24, 2.45) is 0 Å². The molecule has 12 heteroatoms. The van der Waals surface area contributed by atoms with Gasteiger partial charge < -0.3 is 19.6 Å². The quantitative estimate of drug-likeness (QED) is 0.281. The van der Waals surface area contributed by atoms with E-state index in [2.05, 4.69) is 41.8 Å². The monoisotopic (exact) mass is 514 g/mol. The average molecular weight is 515 g/mol. The molecule has 0 unspecified atom stereocenters. The van der Waals surface area contributed by atoms with Gasteiger partial charge in [-0.3, -0.25) is 14.3 Å². The first-order chi connectivity index (χ1) is 15.8. The van der Waals surface area contributed by atoms with Gasteiger partial charge >= 0.3 is 17.4 Å². The van der Waals surface area contributed by atoms with Gasteiger partial charge in [-0.15, -0.1) is 0 Å². The van der Waals surface area contributed by atoms with Crippen LogP contribution in [-0.2, 0) is 6.54 Å². The summed E-state index contributed by atoms with van der Waals surface area (Å²) in [5.74, 6) is -1.08. The Balaban J connectivity index is 1.29. The molecule has 0 saturated carbocycles. The van der Waals surface area contributed by atoms with E-state index in [4.69, 9.17) is 8.94 Å². The third kappa shape index (κ3) is 4.85. The zero-order chi connectivity index (χ0) is 23.5. The molecule has 0 bridgehead atoms. The van der Waals surface area contributed by atoms with Crippen LogP contribution in [0.15, 0.2) is 48.5 Å². The summed E-state index contributed by atoms with van der Waals surface area (Å²) < 4.78 is 12.8. The molecule has 0 radical (unpaired) electrons. The summed E-state index contributed by atoms with van der Waals surface area (Å²) in [6, 6.07) is 8.36. The van der Waals surface area contributed by atoms with Gasteiger partial charge in [-0.1, -0.05) is 23.4 Å². The van der Waals surface area contributed by atoms with Crippen molar-refractivity contribution in [2.45, 2.75) is 20.4 Å². The van der Waals surface area contributed by atoms with Gasteiger partial charge in [-0.25, -0.2) is 4.79 Å². The number of para-hydroxylation sites is 1. The summed E-state index contributed by atoms with van der Waals surface area (Å²) >= 11 is 3.45. The lowest BCUT2D eigenvalue weighted by Gasteiger charge is -2.05. The Morgan fingerprint density at radius 2 is 1.85 bits per heavy atom. The van der Waals surface area contributed by atoms with Crippen LogP contribution in [0.5, 0.6) is 0 Å². The van der Waals surface area contributed by atoms with Gasteiger partial charge in [-0.2, -0.15) is 10.1 Å². The average Bonchev–Trinajstić information content (AvgIpc) is 3.36. The molecule has 170 valence electrons. The fraction of sp³-hybridized carbons (Fsp3) is 0.238. The zero-order valence-corrected chi connectivity index (χ0v) is 19.3. The Morgan fingerprint density at radius 1 is 1.12 bits per heavy atom. The van der Waals surface area contributed by atoms with Crippen molar-refractivity contribution in [1.82, 2.24) is 30.6 Å². The van der Waals surface area contributed by atoms with Crippen LogP contribution in [0.1, 0.15) is 38.3 Å². The highest BCUT2D eigenvalue weighted by Gasteiger charge is 2.18. The van der Waals surface area contributed by atoms with Crippen molar-refractivity contribution in [3.8, 4) is 0 Å². The summed E-state index contributed by atoms with van der Waals surface area (Å²) in [6.07, 6.45) is 0. The second-order valence-corrected chi connectivity index (χ2v) is 7.95. The molecule has 1 aromatic carbocycles. The first-order valence-corrected chi connectivity index (χ1v) is 10.7. The molecule has 11 nitrogen and oxygen atoms in total. The number of aromatic nitrogens is 4. The number of rotatable bonds is 7. The van der Waals surface area contributed by atoms with E-state index in [0.29, 0.717) is 16.8 Å². The second-order valence-electron chi connectivity index (χ2n) is 7.16. The molecule has 2 N–H and O–H groups in total. The lowest BCUT2D eigenvalue weighted by atomic mass is 10.2. The number of nitrogens with one attached hydrogen (secondary N) is 2. The molecule has 3 heterocycles. The van der Waals surface area contributed by atoms with Gasteiger partial charge in [0.2, 0.25) is 0 Å². The van der Waals surface area contributed by atoms with E-state index in [1.807, 2.05) is 13.8 Å². The maximum absolute atomic E-state index is 12.3. The van der Waals surface area contributed by atoms with E-state index in [1.54, 1.807) is 28.9 Å². The molecule has 0 aliphatic rings. The van der Waals surface area contributed by atoms with Gasteiger partial charge in [0.25, 0.3) is 5.91 Å². The topological polar surface area (TPSA) is 145 Å². The van der Waals surface area contributed by atoms with Gasteiger partial charge in [0.15, 0.2) is 5.82 Å². The van der Waals surface area contributed by atoms with Crippen molar-refractivity contribution in [2.75, 3.05) is 13.1 Å². The lowest BCUT2D eigenvalue weighted by molar-refractivity contribution is 0.0897. The first kappa shape index (κ1) is 22.4. The molecule has 0 aliphatic heterocycles. The Kier molecular flexibility index (Phi) is 6.36. The van der Waals surface area contributed by atoms with Crippen LogP contribution < -0.4 is 16.3 Å². The predicted molar refractivity (Wildman–Crippen MR) is 120 cm³/mol. The molecule has 0 atom stereocenters. The summed E-state index contributed by atoms with van der Waals surface area (Å²) in [6.45, 7) is 4.19. The van der Waals surface area contributed by atoms with Gasteiger partial charge in [0, 0.05) is 18.5 Å². The van der Waals surface area contributed by atoms with Crippen molar-refractivity contribution in [3.05, 3.63) is 73.9 Å². The third-order valence-electron chi connectivity index (χ3n) is 4.83. The van der Waals surface area contributed by atoms with E-state index in [1.165, 1.54) is 6.07 Å². The maximum atomic E-state index is 12.3. The molecule has 4 aromatic rings. The molecule has 0 fully saturated rings. The van der Waals surface area contributed by atoms with Crippen molar-refractivity contribution < 1.29 is 18.5 Å². The SMILES string of the molecule is Cc1nn(Cc2noc(C(=O)NCCNC(=O)c3cc4ccccc4oc3=O)n2)c(C)c1Br. The Hall–Kier alpha value is -3.80. The van der Waals surface area contributed by atoms with Crippen LogP contribution in [-0.4, -0.2) is 44.8 Å². The van der Waals surface area contributed by atoms with Crippen molar-refractivity contribution >= 4 is 38.7 Å². The molecule has 0 aliphatic carbocycles. The molecule has 0 saturated heterocycles. The molecular weight excluding hydrogens is 496 g/mol. The summed E-state index contributed by atoms with van der Waals surface area (Å²) in [7, 11) is 0. The van der Waals surface area contributed by atoms with Crippen LogP contribution in [0.25, 0.3) is 11.0 Å². The van der Waals surface area contributed by atoms with Crippen LogP contribution in [0.3, 0.4) is 0 Å². The molecule has 2 amide bonds. The van der Waals surface area contributed by atoms with Crippen LogP contribution in [0.4, 0.5) is 0 Å². The minimum atomic E-state index is -0.733. The summed E-state index contributed by atoms with van der Waals surface area (Å²) in [5.41, 5.74) is 1.29. The smallest absolute Gasteiger partial charge is 0.349 e. The molecular formula is C21H19BrN6O5. The zero-order valence-electron chi connectivity index (χ0n) is 17.7. The largest absolute Gasteiger partial charge is 0.422 e. The highest BCUT2D eigenvalue weighted by atomic mass is 79.9. The van der Waals surface area contributed by atoms with Gasteiger partial charge in [0.1, 0.15) is 17.7 Å². The normalized spacial score (nSPS) is 11.0. The number of nitrogens with zero attached hydrogens (tertiary/aromatic N) is 4. The van der Waals surface area contributed by atoms with E-state index >= 15 is 0 Å². The van der Waals surface area contributed by atoms with Crippen LogP contribution >= 0.6 is 15.9 Å². The standard InChI is InChI=1S/C21H19BrN6O5/c1-11-17(22)12(2)28(26-11)10-16-25-20(33-27-16)19(30)24-8-7-23-18(29)14-9-13-5-3-4-6-15(13)32-21(14)31/h3-6,9H,7-8,10H2,1-2H3,(H,23,29)(H,24,30). The number of amides is 2. The number of benzene rings is 1. The van der Waals surface area contributed by atoms with Gasteiger partial charge in [0.05, 0.1) is 15.9 Å². The van der Waals surface area contributed by atoms with E-state index in [9.17, 15) is 14.4 Å². The number of carbonyl (C=O) groups is 2. The Labute approximate surface area is 195 Å². The highest BCUT2D eigenvalue weighted by Crippen LogP contribution is 2.20. The molecule has 3 aromatic heterocycles. The fourth-order valence-corrected chi connectivity index (χ4v) is 3.40. The fourth-order valence-electron chi connectivity index (χ4n) is 3.12. The van der Waals surface area contributed by atoms with Crippen molar-refractivity contribution in [3.63, 3.8) is 0 Å². The number of hydrogen-bond acceptors (Lipinski definition) is 8. The first-order valence-electron chi connectivity index (χ1n) is 9.95. The minimum absolute atomic E-state index is 0.0810. The predicted octanol–water partition coefficient (Wildman–Crippen LogP) is 1.96. The van der Waals surface area contributed by atoms with E-state index in [0.717, 1.165) is 15.9 Å². The number of halogens is 1. The van der Waals surface area contributed by atoms with Crippen LogP contribution in [0.2, 0.25) is 0 Å². The van der Waals surface area contributed by atoms with Gasteiger partial charge in [-0.05, 0) is 41.9 Å². The number of hydrogen-bond donors (Lipinski definition) is 2. The second kappa shape index (κ2) is 9.36. The van der Waals surface area contributed by atoms with E-state index in [-0.39, 0.29) is 31.1 Å². The highest BCUT2D eigenvalue weighted by molar-refractivity contribution is 9.10. The molecule has 4 rings (SSSR count). The van der Waals surface area contributed by atoms with Crippen LogP contribution in [0, 0.1) is 13.8 Å². The lowest BCUT2D eigenvalue weighted by Crippen LogP contribution is -2.36. The van der Waals surface area contributed by atoms with Crippen molar-refractivity contribution in [1.29, 1.82) is 0 Å². The number of aryl methyl sites for hydroxylation is 1. The summed E-state index contributed by atoms with van der Waals surface area (Å²) in [4.78, 5) is 40.7. The maximum Gasteiger partial charge on any atom is 0.349 e. The molecule has 33 heavy (non-hydrogen) atoms. The number of fused-ring (bicyclic) bond motifs is 1. The van der Waals surface area contributed by atoms with E-state index < -0.39 is 17.4 Å². The third-order valence-corrected chi connectivity index (χ3v) is 5.98.